The first-order chi connectivity index (χ1) is 13.8. The minimum atomic E-state index is -0.158. The van der Waals surface area contributed by atoms with Gasteiger partial charge in [0, 0.05) is 19.6 Å². The van der Waals surface area contributed by atoms with Crippen molar-refractivity contribution in [2.45, 2.75) is 37.8 Å². The number of hydrogen-bond acceptors (Lipinski definition) is 3. The van der Waals surface area contributed by atoms with Crippen molar-refractivity contribution in [3.63, 3.8) is 0 Å². The van der Waals surface area contributed by atoms with Gasteiger partial charge in [0.2, 0.25) is 0 Å². The molecule has 0 N–H and O–H groups in total. The maximum absolute atomic E-state index is 13.3. The average Bonchev–Trinajstić information content (AvgIpc) is 2.73. The molecule has 4 atom stereocenters. The summed E-state index contributed by atoms with van der Waals surface area (Å²) < 4.78 is 6.08. The highest BCUT2D eigenvalue weighted by atomic mass is 16.6. The summed E-state index contributed by atoms with van der Waals surface area (Å²) in [6.07, 6.45) is 4.32. The molecule has 2 bridgehead atoms. The molecular weight excluding hydrogens is 348 g/mol. The molecule has 2 aromatic carbocycles. The fraction of sp³-hybridized carbons (Fsp3) is 0.458. The number of rotatable bonds is 2. The second-order valence-electron chi connectivity index (χ2n) is 8.46. The zero-order valence-corrected chi connectivity index (χ0v) is 16.3. The third-order valence-corrected chi connectivity index (χ3v) is 6.56. The topological polar surface area (TPSA) is 32.8 Å². The van der Waals surface area contributed by atoms with Gasteiger partial charge in [0.25, 0.3) is 0 Å². The summed E-state index contributed by atoms with van der Waals surface area (Å²) in [6.45, 7) is 3.92. The van der Waals surface area contributed by atoms with Crippen LogP contribution in [0.15, 0.2) is 54.6 Å². The van der Waals surface area contributed by atoms with Gasteiger partial charge in [-0.1, -0.05) is 54.6 Å². The standard InChI is InChI=1S/C24H28N2O2/c27-24(28-21-15-18-7-6-13-25(16-18)17-21)26-14-12-19-8-4-5-11-22(19)23(26)20-9-2-1-3-10-20/h1-5,8-11,18,21,23H,6-7,12-17H2/t18?,21-,23-/m0/s1. The number of benzene rings is 2. The maximum Gasteiger partial charge on any atom is 0.410 e. The SMILES string of the molecule is O=C(O[C@H]1CC2CCCN(C2)C1)N1CCc2ccccc2[C@@H]1c1ccccc1. The van der Waals surface area contributed by atoms with Crippen molar-refractivity contribution in [3.8, 4) is 0 Å². The molecule has 2 aromatic rings. The van der Waals surface area contributed by atoms with E-state index in [2.05, 4.69) is 41.3 Å². The second kappa shape index (κ2) is 7.59. The molecule has 0 spiro atoms. The number of hydrogen-bond donors (Lipinski definition) is 0. The van der Waals surface area contributed by atoms with Crippen molar-refractivity contribution in [2.24, 2.45) is 5.92 Å². The number of carbonyl (C=O) groups excluding carboxylic acids is 1. The van der Waals surface area contributed by atoms with Crippen LogP contribution in [0, 0.1) is 5.92 Å². The summed E-state index contributed by atoms with van der Waals surface area (Å²) in [7, 11) is 0. The number of nitrogens with zero attached hydrogens (tertiary/aromatic N) is 2. The van der Waals surface area contributed by atoms with Crippen LogP contribution >= 0.6 is 0 Å². The van der Waals surface area contributed by atoms with Crippen LogP contribution in [-0.2, 0) is 11.2 Å². The maximum atomic E-state index is 13.3. The zero-order valence-electron chi connectivity index (χ0n) is 16.3. The number of amides is 1. The summed E-state index contributed by atoms with van der Waals surface area (Å²) in [5.74, 6) is 0.687. The van der Waals surface area contributed by atoms with Crippen LogP contribution in [0.3, 0.4) is 0 Å². The molecule has 2 fully saturated rings. The van der Waals surface area contributed by atoms with Crippen molar-refractivity contribution in [1.29, 1.82) is 0 Å². The van der Waals surface area contributed by atoms with Gasteiger partial charge in [0.15, 0.2) is 0 Å². The minimum Gasteiger partial charge on any atom is -0.445 e. The number of carbonyl (C=O) groups is 1. The fourth-order valence-corrected chi connectivity index (χ4v) is 5.30. The van der Waals surface area contributed by atoms with E-state index in [-0.39, 0.29) is 18.2 Å². The van der Waals surface area contributed by atoms with E-state index < -0.39 is 0 Å². The molecular formula is C24H28N2O2. The van der Waals surface area contributed by atoms with Crippen LogP contribution < -0.4 is 0 Å². The van der Waals surface area contributed by atoms with Crippen molar-refractivity contribution < 1.29 is 9.53 Å². The van der Waals surface area contributed by atoms with Gasteiger partial charge in [-0.25, -0.2) is 4.79 Å². The van der Waals surface area contributed by atoms with Crippen molar-refractivity contribution >= 4 is 6.09 Å². The highest BCUT2D eigenvalue weighted by Crippen LogP contribution is 2.36. The Morgan fingerprint density at radius 3 is 2.64 bits per heavy atom. The lowest BCUT2D eigenvalue weighted by Gasteiger charge is -2.42. The van der Waals surface area contributed by atoms with Crippen LogP contribution in [0.5, 0.6) is 0 Å². The fourth-order valence-electron chi connectivity index (χ4n) is 5.30. The third-order valence-electron chi connectivity index (χ3n) is 6.56. The second-order valence-corrected chi connectivity index (χ2v) is 8.46. The van der Waals surface area contributed by atoms with Gasteiger partial charge in [0.05, 0.1) is 6.04 Å². The summed E-state index contributed by atoms with van der Waals surface area (Å²) in [4.78, 5) is 17.7. The predicted octanol–water partition coefficient (Wildman–Crippen LogP) is 4.26. The van der Waals surface area contributed by atoms with Crippen molar-refractivity contribution in [3.05, 3.63) is 71.3 Å². The Balaban J connectivity index is 1.39. The molecule has 5 rings (SSSR count). The Morgan fingerprint density at radius 2 is 1.79 bits per heavy atom. The van der Waals surface area contributed by atoms with E-state index >= 15 is 0 Å². The van der Waals surface area contributed by atoms with Gasteiger partial charge in [-0.2, -0.15) is 0 Å². The molecule has 0 aliphatic carbocycles. The van der Waals surface area contributed by atoms with Crippen molar-refractivity contribution in [1.82, 2.24) is 9.80 Å². The van der Waals surface area contributed by atoms with Crippen LogP contribution in [0.1, 0.15) is 42.0 Å². The highest BCUT2D eigenvalue weighted by molar-refractivity contribution is 5.70. The molecule has 146 valence electrons. The van der Waals surface area contributed by atoms with E-state index in [1.54, 1.807) is 0 Å². The molecule has 3 aliphatic heterocycles. The van der Waals surface area contributed by atoms with Crippen LogP contribution in [0.2, 0.25) is 0 Å². The third kappa shape index (κ3) is 3.42. The summed E-state index contributed by atoms with van der Waals surface area (Å²) >= 11 is 0. The molecule has 3 aliphatic rings. The Morgan fingerprint density at radius 1 is 0.964 bits per heavy atom. The summed E-state index contributed by atoms with van der Waals surface area (Å²) in [6, 6.07) is 18.8. The lowest BCUT2D eigenvalue weighted by molar-refractivity contribution is -0.0144. The molecule has 4 nitrogen and oxygen atoms in total. The zero-order chi connectivity index (χ0) is 18.9. The van der Waals surface area contributed by atoms with Crippen LogP contribution in [-0.4, -0.2) is 48.2 Å². The molecule has 28 heavy (non-hydrogen) atoms. The molecule has 0 saturated carbocycles. The Labute approximate surface area is 167 Å². The smallest absolute Gasteiger partial charge is 0.410 e. The van der Waals surface area contributed by atoms with Crippen molar-refractivity contribution in [2.75, 3.05) is 26.2 Å². The van der Waals surface area contributed by atoms with Gasteiger partial charge >= 0.3 is 6.09 Å². The predicted molar refractivity (Wildman–Crippen MR) is 109 cm³/mol. The Kier molecular flexibility index (Phi) is 4.81. The van der Waals surface area contributed by atoms with E-state index in [4.69, 9.17) is 4.74 Å². The number of fused-ring (bicyclic) bond motifs is 3. The quantitative estimate of drug-likeness (QED) is 0.785. The van der Waals surface area contributed by atoms with Gasteiger partial charge in [-0.05, 0) is 54.8 Å². The van der Waals surface area contributed by atoms with Crippen LogP contribution in [0.25, 0.3) is 0 Å². The first-order valence-corrected chi connectivity index (χ1v) is 10.6. The number of ether oxygens (including phenoxy) is 1. The summed E-state index contributed by atoms with van der Waals surface area (Å²) in [5, 5.41) is 0. The Bertz CT molecular complexity index is 826. The van der Waals surface area contributed by atoms with Gasteiger partial charge in [0.1, 0.15) is 6.10 Å². The molecule has 0 aromatic heterocycles. The summed E-state index contributed by atoms with van der Waals surface area (Å²) in [5.41, 5.74) is 3.70. The van der Waals surface area contributed by atoms with E-state index in [0.717, 1.165) is 31.5 Å². The molecule has 4 heteroatoms. The molecule has 1 amide bonds. The molecule has 2 saturated heterocycles. The molecule has 3 heterocycles. The molecule has 0 radical (unpaired) electrons. The van der Waals surface area contributed by atoms with E-state index in [0.29, 0.717) is 12.5 Å². The first-order valence-electron chi connectivity index (χ1n) is 10.6. The average molecular weight is 377 g/mol. The van der Waals surface area contributed by atoms with Gasteiger partial charge in [-0.3, -0.25) is 9.80 Å². The minimum absolute atomic E-state index is 0.0279. The number of piperidine rings is 2. The van der Waals surface area contributed by atoms with E-state index in [1.807, 2.05) is 23.1 Å². The normalized spacial score (nSPS) is 29.1. The Hall–Kier alpha value is -2.33. The van der Waals surface area contributed by atoms with E-state index in [1.165, 1.54) is 30.5 Å². The largest absolute Gasteiger partial charge is 0.445 e. The lowest BCUT2D eigenvalue weighted by atomic mass is 9.88. The highest BCUT2D eigenvalue weighted by Gasteiger charge is 2.36. The first kappa shape index (κ1) is 17.7. The van der Waals surface area contributed by atoms with Crippen LogP contribution in [0.4, 0.5) is 4.79 Å². The monoisotopic (exact) mass is 376 g/mol. The van der Waals surface area contributed by atoms with Gasteiger partial charge < -0.3 is 4.74 Å². The lowest BCUT2D eigenvalue weighted by Crippen LogP contribution is -2.50. The van der Waals surface area contributed by atoms with E-state index in [9.17, 15) is 4.79 Å². The molecule has 2 unspecified atom stereocenters. The van der Waals surface area contributed by atoms with Gasteiger partial charge in [-0.15, -0.1) is 0 Å².